The Hall–Kier alpha value is -3.84. The molecule has 1 aromatic heterocycles. The second kappa shape index (κ2) is 21.9. The van der Waals surface area contributed by atoms with Gasteiger partial charge in [0.15, 0.2) is 11.5 Å². The van der Waals surface area contributed by atoms with E-state index >= 15 is 0 Å². The van der Waals surface area contributed by atoms with Crippen LogP contribution in [0, 0.1) is 53.3 Å². The van der Waals surface area contributed by atoms with E-state index in [1.807, 2.05) is 54.7 Å². The summed E-state index contributed by atoms with van der Waals surface area (Å²) in [4.78, 5) is 3.35. The summed E-state index contributed by atoms with van der Waals surface area (Å²) in [5, 5.41) is 83.8. The van der Waals surface area contributed by atoms with Gasteiger partial charge < -0.3 is 56.5 Å². The fraction of sp³-hybridized carbons (Fsp3) is 0.538. The Balaban J connectivity index is 1.15. The molecule has 0 saturated carbocycles. The number of nitrogens with two attached hydrogens (primary N) is 1. The Morgan fingerprint density at radius 1 is 0.938 bits per heavy atom. The van der Waals surface area contributed by atoms with Gasteiger partial charge in [0, 0.05) is 78.3 Å². The van der Waals surface area contributed by atoms with E-state index in [1.54, 1.807) is 27.7 Å². The molecule has 0 unspecified atom stereocenters. The number of aliphatic hydroxyl groups is 6. The van der Waals surface area contributed by atoms with Crippen LogP contribution in [-0.2, 0) is 19.3 Å². The monoisotopic (exact) mass is 925 g/mol. The maximum absolute atomic E-state index is 12.3. The van der Waals surface area contributed by atoms with E-state index in [1.165, 1.54) is 0 Å². The molecule has 3 heterocycles. The van der Waals surface area contributed by atoms with Crippen LogP contribution in [0.25, 0.3) is 0 Å². The fourth-order valence-corrected chi connectivity index (χ4v) is 13.7. The van der Waals surface area contributed by atoms with Crippen LogP contribution < -0.4 is 15.8 Å². The smallest absolute Gasteiger partial charge is 0.161 e. The standard InChI is InChI=1S/C52H67N3O8S2/c1-2-31-18-34-22-46(60)48(63-49-23-35(19-38-9-6-15-54-38)40-14-16-55-52(53)44(40)29-65-64-28-37(27-57)51(49)62)25-42(34)43-24-47(61)50-33(21-41(31)43)11-10-32(20-39(58)12-13-45(50)59)36(26-56)17-30-7-4-3-5-8-30/h3-9,14-15,21-22,25,31-33,35-37,39,43,45,47,49-51,54-62H,2,12-13,16-20,23-24,26-29,53H2,1H3/t31-,32+,33+,35+,36+,37+,39+,43+,45+,47-,49-,50-,51-/m1/s1. The number of aromatic hydroxyl groups is 1. The molecule has 350 valence electrons. The maximum atomic E-state index is 12.3. The summed E-state index contributed by atoms with van der Waals surface area (Å²) < 4.78 is 6.87. The maximum Gasteiger partial charge on any atom is 0.161 e. The average molecular weight is 926 g/mol. The highest BCUT2D eigenvalue weighted by Gasteiger charge is 2.43. The minimum absolute atomic E-state index is 0.0343. The van der Waals surface area contributed by atoms with Crippen molar-refractivity contribution in [2.45, 2.75) is 101 Å². The number of ether oxygens (including phenoxy) is 1. The molecule has 0 spiro atoms. The molecule has 3 aromatic rings. The number of aromatic nitrogens is 1. The summed E-state index contributed by atoms with van der Waals surface area (Å²) in [7, 11) is 3.23. The summed E-state index contributed by atoms with van der Waals surface area (Å²) in [6.45, 7) is 2.41. The van der Waals surface area contributed by atoms with Gasteiger partial charge in [0.2, 0.25) is 0 Å². The highest BCUT2D eigenvalue weighted by atomic mass is 33.1. The molecule has 2 aromatic carbocycles. The summed E-state index contributed by atoms with van der Waals surface area (Å²) in [5.41, 5.74) is 13.9. The Bertz CT molecular complexity index is 2220. The number of phenols is 1. The number of allylic oxidation sites excluding steroid dienone is 3. The highest BCUT2D eigenvalue weighted by molar-refractivity contribution is 8.76. The van der Waals surface area contributed by atoms with Crippen LogP contribution in [0.3, 0.4) is 0 Å². The minimum atomic E-state index is -1.07. The van der Waals surface area contributed by atoms with Crippen LogP contribution in [-0.4, -0.2) is 103 Å². The largest absolute Gasteiger partial charge is 0.504 e. The lowest BCUT2D eigenvalue weighted by molar-refractivity contribution is -0.0215. The number of hydrogen-bond donors (Lipinski definition) is 10. The first-order chi connectivity index (χ1) is 31.5. The second-order valence-electron chi connectivity index (χ2n) is 18.9. The molecule has 11 N–H and O–H groups in total. The normalized spacial score (nSPS) is 32.5. The van der Waals surface area contributed by atoms with Gasteiger partial charge in [-0.15, -0.1) is 0 Å². The average Bonchev–Trinajstić information content (AvgIpc) is 3.76. The van der Waals surface area contributed by atoms with Crippen molar-refractivity contribution in [3.63, 3.8) is 0 Å². The van der Waals surface area contributed by atoms with Crippen LogP contribution >= 0.6 is 21.6 Å². The first-order valence-electron chi connectivity index (χ1n) is 23.6. The van der Waals surface area contributed by atoms with E-state index in [2.05, 4.69) is 41.2 Å². The zero-order valence-corrected chi connectivity index (χ0v) is 38.9. The number of hydrogen-bond acceptors (Lipinski definition) is 12. The van der Waals surface area contributed by atoms with Gasteiger partial charge in [-0.1, -0.05) is 88.4 Å². The number of aromatic amines is 1. The van der Waals surface area contributed by atoms with Gasteiger partial charge in [-0.3, -0.25) is 0 Å². The highest BCUT2D eigenvalue weighted by Crippen LogP contribution is 2.51. The second-order valence-corrected chi connectivity index (χ2v) is 21.4. The molecule has 5 aliphatic rings. The third-order valence-corrected chi connectivity index (χ3v) is 17.2. The number of aliphatic hydroxyl groups excluding tert-OH is 6. The van der Waals surface area contributed by atoms with Crippen molar-refractivity contribution in [1.82, 2.24) is 10.3 Å². The van der Waals surface area contributed by atoms with Gasteiger partial charge in [-0.2, -0.15) is 0 Å². The first-order valence-corrected chi connectivity index (χ1v) is 26.1. The molecule has 0 radical (unpaired) electrons. The van der Waals surface area contributed by atoms with Crippen LogP contribution in [0.1, 0.15) is 73.8 Å². The molecule has 8 rings (SSSR count). The van der Waals surface area contributed by atoms with E-state index in [0.717, 1.165) is 45.5 Å². The van der Waals surface area contributed by atoms with E-state index in [-0.39, 0.29) is 54.3 Å². The molecular formula is C52H67N3O8S2. The van der Waals surface area contributed by atoms with Crippen LogP contribution in [0.5, 0.6) is 11.5 Å². The Kier molecular flexibility index (Phi) is 16.0. The van der Waals surface area contributed by atoms with Crippen molar-refractivity contribution in [2.75, 3.05) is 31.3 Å². The topological polar surface area (TPSA) is 205 Å². The number of benzene rings is 2. The SMILES string of the molecule is CC[C@@H]1Cc2cc(O)c(O[C@@H]3C[C@H](Cc4ccc[nH]4)C4=CCNC(N)=C4CSSC[C@H](CO)[C@H]3O)cc2[C@H]2C[C@@H](O)[C@@H]3[C@@H](C#C[C@H]([C@H](CO)Cc4ccccc4)C[C@@H](O)CC[C@@H]3O)C=C12. The zero-order chi connectivity index (χ0) is 45.6. The Morgan fingerprint density at radius 3 is 2.52 bits per heavy atom. The lowest BCUT2D eigenvalue weighted by atomic mass is 9.70. The van der Waals surface area contributed by atoms with Gasteiger partial charge in [0.05, 0.1) is 24.4 Å². The summed E-state index contributed by atoms with van der Waals surface area (Å²) in [6.07, 6.45) is 6.30. The molecule has 11 nitrogen and oxygen atoms in total. The third-order valence-electron chi connectivity index (χ3n) is 14.8. The number of phenolic OH excluding ortho intramolecular Hbond substituents is 1. The number of rotatable bonds is 10. The van der Waals surface area contributed by atoms with Gasteiger partial charge in [-0.25, -0.2) is 0 Å². The predicted octanol–water partition coefficient (Wildman–Crippen LogP) is 5.75. The van der Waals surface area contributed by atoms with E-state index in [0.29, 0.717) is 75.2 Å². The Morgan fingerprint density at radius 2 is 1.77 bits per heavy atom. The van der Waals surface area contributed by atoms with Crippen molar-refractivity contribution in [3.05, 3.63) is 118 Å². The quantitative estimate of drug-likeness (QED) is 0.0672. The summed E-state index contributed by atoms with van der Waals surface area (Å²) >= 11 is 0. The van der Waals surface area contributed by atoms with Crippen LogP contribution in [0.4, 0.5) is 0 Å². The van der Waals surface area contributed by atoms with Gasteiger partial charge in [-0.05, 0) is 122 Å². The molecule has 1 fully saturated rings. The number of H-pyrrole nitrogens is 1. The lowest BCUT2D eigenvalue weighted by Gasteiger charge is -2.36. The number of dihydropyridines is 1. The first kappa shape index (κ1) is 47.6. The molecule has 0 bridgehead atoms. The molecule has 3 aliphatic carbocycles. The van der Waals surface area contributed by atoms with Gasteiger partial charge >= 0.3 is 0 Å². The van der Waals surface area contributed by atoms with Gasteiger partial charge in [0.1, 0.15) is 11.9 Å². The third kappa shape index (κ3) is 11.0. The molecule has 2 aliphatic heterocycles. The van der Waals surface area contributed by atoms with E-state index in [4.69, 9.17) is 10.5 Å². The zero-order valence-electron chi connectivity index (χ0n) is 37.3. The van der Waals surface area contributed by atoms with E-state index < -0.39 is 48.3 Å². The van der Waals surface area contributed by atoms with Crippen LogP contribution in [0.2, 0.25) is 0 Å². The predicted molar refractivity (Wildman–Crippen MR) is 258 cm³/mol. The van der Waals surface area contributed by atoms with Crippen molar-refractivity contribution < 1.29 is 40.5 Å². The molecule has 13 heteroatoms. The molecule has 0 amide bonds. The van der Waals surface area contributed by atoms with Gasteiger partial charge in [0.25, 0.3) is 0 Å². The van der Waals surface area contributed by atoms with Crippen LogP contribution in [0.15, 0.2) is 95.5 Å². The van der Waals surface area contributed by atoms with Crippen molar-refractivity contribution >= 4 is 21.6 Å². The number of fused-ring (bicyclic) bond motifs is 5. The van der Waals surface area contributed by atoms with E-state index in [9.17, 15) is 35.7 Å². The summed E-state index contributed by atoms with van der Waals surface area (Å²) in [6, 6.07) is 17.7. The molecule has 1 saturated heterocycles. The fourth-order valence-electron chi connectivity index (χ4n) is 11.2. The molecule has 13 atom stereocenters. The van der Waals surface area contributed by atoms with Crippen molar-refractivity contribution in [2.24, 2.45) is 47.2 Å². The van der Waals surface area contributed by atoms with Crippen molar-refractivity contribution in [3.8, 4) is 23.3 Å². The Labute approximate surface area is 391 Å². The number of nitrogens with one attached hydrogen (secondary N) is 2. The van der Waals surface area contributed by atoms with Crippen molar-refractivity contribution in [1.29, 1.82) is 0 Å². The summed E-state index contributed by atoms with van der Waals surface area (Å²) in [5.74, 6) is 6.63. The molecule has 65 heavy (non-hydrogen) atoms. The minimum Gasteiger partial charge on any atom is -0.504 e. The molecular weight excluding hydrogens is 859 g/mol. The lowest BCUT2D eigenvalue weighted by Crippen LogP contribution is -2.42.